The van der Waals surface area contributed by atoms with Crippen LogP contribution in [0.25, 0.3) is 0 Å². The van der Waals surface area contributed by atoms with E-state index in [1.807, 2.05) is 0 Å². The van der Waals surface area contributed by atoms with E-state index in [-0.39, 0.29) is 17.2 Å². The van der Waals surface area contributed by atoms with Crippen LogP contribution in [0.1, 0.15) is 5.56 Å². The number of nitrogens with zero attached hydrogens (tertiary/aromatic N) is 1. The summed E-state index contributed by atoms with van der Waals surface area (Å²) in [5.74, 6) is -2.77. The molecule has 20 heavy (non-hydrogen) atoms. The van der Waals surface area contributed by atoms with Crippen LogP contribution in [0.2, 0.25) is 0 Å². The topological polar surface area (TPSA) is 52.4 Å². The van der Waals surface area contributed by atoms with Crippen molar-refractivity contribution < 1.29 is 18.4 Å². The summed E-state index contributed by atoms with van der Waals surface area (Å²) < 4.78 is 32.5. The molecule has 0 fully saturated rings. The number of hydrogen-bond acceptors (Lipinski definition) is 3. The first-order chi connectivity index (χ1) is 9.54. The Balaban J connectivity index is 2.53. The maximum Gasteiger partial charge on any atom is 0.314 e. The molecule has 0 saturated heterocycles. The summed E-state index contributed by atoms with van der Waals surface area (Å²) in [4.78, 5) is 10.0. The third-order valence-electron chi connectivity index (χ3n) is 2.54. The first-order valence-corrected chi connectivity index (χ1v) is 6.02. The van der Waals surface area contributed by atoms with E-state index in [2.05, 4.69) is 0 Å². The molecule has 0 saturated carbocycles. The molecule has 2 aromatic carbocycles. The monoisotopic (exact) mass is 299 g/mol. The van der Waals surface area contributed by atoms with E-state index >= 15 is 0 Å². The minimum Gasteiger partial charge on any atom is -0.444 e. The van der Waals surface area contributed by atoms with Gasteiger partial charge in [-0.05, 0) is 12.1 Å². The summed E-state index contributed by atoms with van der Waals surface area (Å²) in [5, 5.41) is 10.8. The highest BCUT2D eigenvalue weighted by molar-refractivity contribution is 6.17. The average molecular weight is 300 g/mol. The molecule has 0 unspecified atom stereocenters. The second-order valence-corrected chi connectivity index (χ2v) is 4.08. The van der Waals surface area contributed by atoms with Gasteiger partial charge in [0.2, 0.25) is 5.75 Å². The fourth-order valence-corrected chi connectivity index (χ4v) is 1.83. The van der Waals surface area contributed by atoms with E-state index in [9.17, 15) is 18.9 Å². The predicted molar refractivity (Wildman–Crippen MR) is 69.1 cm³/mol. The van der Waals surface area contributed by atoms with Crippen molar-refractivity contribution in [3.63, 3.8) is 0 Å². The normalized spacial score (nSPS) is 10.3. The predicted octanol–water partition coefficient (Wildman–Crippen LogP) is 4.40. The van der Waals surface area contributed by atoms with Crippen LogP contribution >= 0.6 is 11.6 Å². The van der Waals surface area contributed by atoms with E-state index in [1.54, 1.807) is 0 Å². The van der Waals surface area contributed by atoms with Gasteiger partial charge in [0.1, 0.15) is 0 Å². The van der Waals surface area contributed by atoms with Crippen molar-refractivity contribution in [2.45, 2.75) is 5.88 Å². The van der Waals surface area contributed by atoms with Crippen molar-refractivity contribution in [1.29, 1.82) is 0 Å². The maximum absolute atomic E-state index is 13.7. The molecule has 0 heterocycles. The van der Waals surface area contributed by atoms with Gasteiger partial charge >= 0.3 is 5.69 Å². The quantitative estimate of drug-likeness (QED) is 0.477. The number of rotatable bonds is 4. The molecule has 0 aliphatic heterocycles. The summed E-state index contributed by atoms with van der Waals surface area (Å²) in [6.45, 7) is 0. The Morgan fingerprint density at radius 3 is 2.30 bits per heavy atom. The molecule has 0 aliphatic rings. The van der Waals surface area contributed by atoms with Crippen molar-refractivity contribution in [2.75, 3.05) is 0 Å². The van der Waals surface area contributed by atoms with Crippen LogP contribution in [0.3, 0.4) is 0 Å². The molecule has 0 atom stereocenters. The lowest BCUT2D eigenvalue weighted by Gasteiger charge is -2.11. The zero-order chi connectivity index (χ0) is 14.7. The maximum atomic E-state index is 13.7. The van der Waals surface area contributed by atoms with Crippen molar-refractivity contribution in [3.8, 4) is 11.5 Å². The molecular formula is C13H8ClF2NO3. The first kappa shape index (κ1) is 14.2. The van der Waals surface area contributed by atoms with Gasteiger partial charge in [-0.15, -0.1) is 11.6 Å². The highest BCUT2D eigenvalue weighted by atomic mass is 35.5. The number of nitro benzene ring substituents is 1. The molecule has 0 aliphatic carbocycles. The lowest BCUT2D eigenvalue weighted by atomic mass is 10.2. The highest BCUT2D eigenvalue weighted by Crippen LogP contribution is 2.36. The van der Waals surface area contributed by atoms with Crippen LogP contribution in [-0.2, 0) is 5.88 Å². The van der Waals surface area contributed by atoms with Gasteiger partial charge in [0.05, 0.1) is 10.8 Å². The van der Waals surface area contributed by atoms with Gasteiger partial charge in [-0.1, -0.05) is 18.2 Å². The second-order valence-electron chi connectivity index (χ2n) is 3.81. The van der Waals surface area contributed by atoms with Crippen molar-refractivity contribution in [3.05, 3.63) is 63.7 Å². The number of halogens is 3. The molecular weight excluding hydrogens is 292 g/mol. The van der Waals surface area contributed by atoms with E-state index in [4.69, 9.17) is 16.3 Å². The molecule has 0 N–H and O–H groups in total. The minimum atomic E-state index is -0.956. The van der Waals surface area contributed by atoms with Gasteiger partial charge in [-0.25, -0.2) is 8.78 Å². The number of nitro groups is 1. The van der Waals surface area contributed by atoms with Gasteiger partial charge in [0, 0.05) is 11.6 Å². The van der Waals surface area contributed by atoms with Gasteiger partial charge in [0.15, 0.2) is 17.4 Å². The molecule has 0 bridgehead atoms. The number of para-hydroxylation sites is 2. The van der Waals surface area contributed by atoms with Gasteiger partial charge < -0.3 is 4.74 Å². The lowest BCUT2D eigenvalue weighted by Crippen LogP contribution is -1.99. The van der Waals surface area contributed by atoms with Crippen LogP contribution in [0, 0.1) is 21.7 Å². The Morgan fingerprint density at radius 1 is 1.10 bits per heavy atom. The largest absolute Gasteiger partial charge is 0.444 e. The fourth-order valence-electron chi connectivity index (χ4n) is 1.62. The fraction of sp³-hybridized carbons (Fsp3) is 0.0769. The van der Waals surface area contributed by atoms with Crippen LogP contribution in [0.5, 0.6) is 11.5 Å². The van der Waals surface area contributed by atoms with E-state index in [0.29, 0.717) is 0 Å². The molecule has 2 rings (SSSR count). The second kappa shape index (κ2) is 5.83. The van der Waals surface area contributed by atoms with E-state index < -0.39 is 28.0 Å². The Morgan fingerprint density at radius 2 is 1.70 bits per heavy atom. The Hall–Kier alpha value is -2.21. The van der Waals surface area contributed by atoms with Gasteiger partial charge in [-0.3, -0.25) is 10.1 Å². The molecule has 0 aromatic heterocycles. The molecule has 0 radical (unpaired) electrons. The Labute approximate surface area is 117 Å². The van der Waals surface area contributed by atoms with E-state index in [0.717, 1.165) is 18.2 Å². The molecule has 0 spiro atoms. The van der Waals surface area contributed by atoms with Crippen LogP contribution in [0.4, 0.5) is 14.5 Å². The third-order valence-corrected chi connectivity index (χ3v) is 2.83. The number of benzene rings is 2. The zero-order valence-corrected chi connectivity index (χ0v) is 10.7. The van der Waals surface area contributed by atoms with Gasteiger partial charge in [0.25, 0.3) is 0 Å². The van der Waals surface area contributed by atoms with Crippen LogP contribution in [0.15, 0.2) is 36.4 Å². The standard InChI is InChI=1S/C13H8ClF2NO3/c14-7-8-3-1-4-9(15)12(8)20-13-10(16)5-2-6-11(13)17(18)19/h1-6H,7H2. The Bertz CT molecular complexity index is 664. The van der Waals surface area contributed by atoms with Crippen molar-refractivity contribution in [2.24, 2.45) is 0 Å². The first-order valence-electron chi connectivity index (χ1n) is 5.48. The summed E-state index contributed by atoms with van der Waals surface area (Å²) >= 11 is 5.64. The number of ether oxygens (including phenoxy) is 1. The van der Waals surface area contributed by atoms with Crippen LogP contribution < -0.4 is 4.74 Å². The zero-order valence-electron chi connectivity index (χ0n) is 9.98. The molecule has 7 heteroatoms. The SMILES string of the molecule is O=[N+]([O-])c1cccc(F)c1Oc1c(F)cccc1CCl. The van der Waals surface area contributed by atoms with Crippen molar-refractivity contribution >= 4 is 17.3 Å². The summed E-state index contributed by atoms with van der Waals surface area (Å²) in [6.07, 6.45) is 0. The highest BCUT2D eigenvalue weighted by Gasteiger charge is 2.22. The number of hydrogen-bond donors (Lipinski definition) is 0. The molecule has 104 valence electrons. The van der Waals surface area contributed by atoms with Crippen molar-refractivity contribution in [1.82, 2.24) is 0 Å². The van der Waals surface area contributed by atoms with Crippen LogP contribution in [-0.4, -0.2) is 4.92 Å². The molecule has 4 nitrogen and oxygen atoms in total. The lowest BCUT2D eigenvalue weighted by molar-refractivity contribution is -0.385. The molecule has 0 amide bonds. The van der Waals surface area contributed by atoms with E-state index in [1.165, 1.54) is 18.2 Å². The average Bonchev–Trinajstić information content (AvgIpc) is 2.42. The Kier molecular flexibility index (Phi) is 4.14. The summed E-state index contributed by atoms with van der Waals surface area (Å²) in [5.41, 5.74) is -0.321. The number of alkyl halides is 1. The summed E-state index contributed by atoms with van der Waals surface area (Å²) in [6, 6.07) is 7.22. The van der Waals surface area contributed by atoms with Gasteiger partial charge in [-0.2, -0.15) is 0 Å². The summed E-state index contributed by atoms with van der Waals surface area (Å²) in [7, 11) is 0. The minimum absolute atomic E-state index is 0.0741. The third kappa shape index (κ3) is 2.70. The smallest absolute Gasteiger partial charge is 0.314 e. The molecule has 2 aromatic rings.